The van der Waals surface area contributed by atoms with Crippen molar-refractivity contribution in [3.8, 4) is 0 Å². The van der Waals surface area contributed by atoms with Crippen LogP contribution in [0.25, 0.3) is 0 Å². The summed E-state index contributed by atoms with van der Waals surface area (Å²) < 4.78 is 85.3. The molecule has 1 fully saturated rings. The van der Waals surface area contributed by atoms with E-state index in [1.54, 1.807) is 31.2 Å². The first kappa shape index (κ1) is 28.8. The van der Waals surface area contributed by atoms with Gasteiger partial charge in [-0.05, 0) is 67.1 Å². The van der Waals surface area contributed by atoms with Gasteiger partial charge < -0.3 is 10.2 Å². The van der Waals surface area contributed by atoms with Gasteiger partial charge in [0.15, 0.2) is 5.69 Å². The van der Waals surface area contributed by atoms with Gasteiger partial charge in [0.05, 0.1) is 18.2 Å². The lowest BCUT2D eigenvalue weighted by atomic mass is 10.0. The van der Waals surface area contributed by atoms with E-state index in [9.17, 15) is 35.9 Å². The van der Waals surface area contributed by atoms with Crippen LogP contribution in [-0.2, 0) is 25.4 Å². The summed E-state index contributed by atoms with van der Waals surface area (Å²) in [5.41, 5.74) is -1.76. The maximum absolute atomic E-state index is 14.0. The summed E-state index contributed by atoms with van der Waals surface area (Å²) in [4.78, 5) is 27.0. The zero-order valence-corrected chi connectivity index (χ0v) is 22.5. The van der Waals surface area contributed by atoms with Crippen molar-refractivity contribution in [1.82, 2.24) is 19.8 Å². The zero-order chi connectivity index (χ0) is 29.5. The van der Waals surface area contributed by atoms with E-state index >= 15 is 0 Å². The third-order valence-electron chi connectivity index (χ3n) is 6.79. The molecule has 2 heterocycles. The predicted octanol–water partition coefficient (Wildman–Crippen LogP) is 5.97. The number of fused-ring (bicyclic) bond motifs is 1. The van der Waals surface area contributed by atoms with Crippen molar-refractivity contribution in [2.24, 2.45) is 0 Å². The fourth-order valence-corrected chi connectivity index (χ4v) is 5.30. The van der Waals surface area contributed by atoms with Crippen molar-refractivity contribution >= 4 is 29.6 Å². The van der Waals surface area contributed by atoms with Crippen LogP contribution in [0.15, 0.2) is 48.5 Å². The van der Waals surface area contributed by atoms with Gasteiger partial charge in [-0.2, -0.15) is 31.4 Å². The zero-order valence-electron chi connectivity index (χ0n) is 21.6. The molecule has 2 aromatic carbocycles. The van der Waals surface area contributed by atoms with E-state index in [0.29, 0.717) is 16.4 Å². The van der Waals surface area contributed by atoms with Crippen molar-refractivity contribution < 1.29 is 35.9 Å². The fraction of sp³-hybridized carbons (Fsp3) is 0.370. The van der Waals surface area contributed by atoms with Crippen LogP contribution in [-0.4, -0.2) is 33.4 Å². The summed E-state index contributed by atoms with van der Waals surface area (Å²) in [6, 6.07) is 10.1. The number of aromatic nitrogens is 2. The van der Waals surface area contributed by atoms with Gasteiger partial charge in [-0.25, -0.2) is 4.68 Å². The number of carbonyl (C=O) groups is 2. The minimum absolute atomic E-state index is 0.0305. The number of benzene rings is 2. The lowest BCUT2D eigenvalue weighted by molar-refractivity contribution is -0.142. The molecule has 41 heavy (non-hydrogen) atoms. The fourth-order valence-electron chi connectivity index (χ4n) is 4.54. The maximum Gasteiger partial charge on any atom is 0.436 e. The van der Waals surface area contributed by atoms with E-state index in [4.69, 9.17) is 0 Å². The molecule has 5 rings (SSSR count). The SMILES string of the molecule is CC(NC(=O)c1c(C(F)(F)F)nn2c1N(Cc1cccc(C(F)(F)F)c1)CC2)c1ccc(C(=O)NSC2CC2)cc1. The van der Waals surface area contributed by atoms with Crippen LogP contribution in [0.4, 0.5) is 32.2 Å². The second-order valence-corrected chi connectivity index (χ2v) is 11.1. The first-order valence-electron chi connectivity index (χ1n) is 12.8. The van der Waals surface area contributed by atoms with Gasteiger partial charge in [0.25, 0.3) is 11.8 Å². The van der Waals surface area contributed by atoms with Crippen LogP contribution in [0.1, 0.15) is 68.9 Å². The first-order chi connectivity index (χ1) is 19.3. The van der Waals surface area contributed by atoms with E-state index in [2.05, 4.69) is 15.1 Å². The van der Waals surface area contributed by atoms with Crippen molar-refractivity contribution in [3.63, 3.8) is 0 Å². The van der Waals surface area contributed by atoms with E-state index in [1.807, 2.05) is 0 Å². The number of hydrogen-bond donors (Lipinski definition) is 2. The minimum atomic E-state index is -4.94. The molecule has 3 aromatic rings. The van der Waals surface area contributed by atoms with Crippen LogP contribution < -0.4 is 14.9 Å². The Morgan fingerprint density at radius 3 is 2.34 bits per heavy atom. The smallest absolute Gasteiger partial charge is 0.350 e. The number of carbonyl (C=O) groups excluding carboxylic acids is 2. The molecule has 0 saturated heterocycles. The highest BCUT2D eigenvalue weighted by atomic mass is 32.2. The van der Waals surface area contributed by atoms with Crippen LogP contribution in [0, 0.1) is 0 Å². The van der Waals surface area contributed by atoms with Crippen molar-refractivity contribution in [1.29, 1.82) is 0 Å². The Hall–Kier alpha value is -3.68. The summed E-state index contributed by atoms with van der Waals surface area (Å²) in [5.74, 6) is -1.40. The van der Waals surface area contributed by atoms with Gasteiger partial charge in [0.2, 0.25) is 0 Å². The van der Waals surface area contributed by atoms with Gasteiger partial charge >= 0.3 is 12.4 Å². The van der Waals surface area contributed by atoms with Gasteiger partial charge in [0.1, 0.15) is 11.4 Å². The number of nitrogens with zero attached hydrogens (tertiary/aromatic N) is 3. The minimum Gasteiger partial charge on any atom is -0.350 e. The highest BCUT2D eigenvalue weighted by molar-refractivity contribution is 7.98. The molecule has 1 unspecified atom stereocenters. The van der Waals surface area contributed by atoms with E-state index < -0.39 is 41.1 Å². The number of rotatable bonds is 8. The summed E-state index contributed by atoms with van der Waals surface area (Å²) >= 11 is 1.37. The van der Waals surface area contributed by atoms with Gasteiger partial charge in [-0.15, -0.1) is 0 Å². The molecule has 1 atom stereocenters. The molecule has 218 valence electrons. The molecule has 0 spiro atoms. The number of anilines is 1. The Kier molecular flexibility index (Phi) is 7.70. The molecule has 1 aliphatic carbocycles. The summed E-state index contributed by atoms with van der Waals surface area (Å²) in [5, 5.41) is 6.65. The Labute approximate surface area is 235 Å². The number of halogens is 6. The predicted molar refractivity (Wildman–Crippen MR) is 140 cm³/mol. The lowest BCUT2D eigenvalue weighted by Gasteiger charge is -2.21. The molecule has 7 nitrogen and oxygen atoms in total. The quantitative estimate of drug-likeness (QED) is 0.247. The monoisotopic (exact) mass is 597 g/mol. The highest BCUT2D eigenvalue weighted by Gasteiger charge is 2.44. The van der Waals surface area contributed by atoms with E-state index in [1.165, 1.54) is 29.0 Å². The molecule has 14 heteroatoms. The third kappa shape index (κ3) is 6.47. The summed E-state index contributed by atoms with van der Waals surface area (Å²) in [6.45, 7) is 1.64. The summed E-state index contributed by atoms with van der Waals surface area (Å²) in [7, 11) is 0. The Morgan fingerprint density at radius 1 is 1.00 bits per heavy atom. The van der Waals surface area contributed by atoms with Crippen LogP contribution >= 0.6 is 11.9 Å². The average Bonchev–Trinajstić information content (AvgIpc) is 3.54. The maximum atomic E-state index is 14.0. The van der Waals surface area contributed by atoms with Crippen molar-refractivity contribution in [3.05, 3.63) is 82.0 Å². The van der Waals surface area contributed by atoms with Gasteiger partial charge in [0, 0.05) is 23.9 Å². The second-order valence-electron chi connectivity index (χ2n) is 9.95. The van der Waals surface area contributed by atoms with Crippen molar-refractivity contribution in [2.75, 3.05) is 11.4 Å². The lowest BCUT2D eigenvalue weighted by Crippen LogP contribution is -2.31. The number of nitrogens with one attached hydrogen (secondary N) is 2. The second kappa shape index (κ2) is 11.0. The molecular weight excluding hydrogens is 572 g/mol. The highest BCUT2D eigenvalue weighted by Crippen LogP contribution is 2.39. The van der Waals surface area contributed by atoms with E-state index in [0.717, 1.165) is 29.7 Å². The molecule has 2 aliphatic rings. The molecule has 1 saturated carbocycles. The number of hydrogen-bond acceptors (Lipinski definition) is 5. The van der Waals surface area contributed by atoms with Gasteiger partial charge in [-0.1, -0.05) is 24.3 Å². The van der Waals surface area contributed by atoms with Crippen molar-refractivity contribution in [2.45, 2.75) is 56.5 Å². The molecule has 2 amide bonds. The molecule has 0 radical (unpaired) electrons. The molecule has 2 N–H and O–H groups in total. The standard InChI is InChI=1S/C27H25F6N5O2S/c1-15(17-5-7-18(8-6-17)23(39)36-41-20-9-10-20)34-24(40)21-22(27(31,32)33)35-38-12-11-37(25(21)38)14-16-3-2-4-19(13-16)26(28,29)30/h2-8,13,15,20H,9-12,14H2,1H3,(H,34,40)(H,36,39). The van der Waals surface area contributed by atoms with Crippen LogP contribution in [0.3, 0.4) is 0 Å². The Morgan fingerprint density at radius 2 is 1.71 bits per heavy atom. The Balaban J connectivity index is 1.36. The normalized spacial score (nSPS) is 15.9. The average molecular weight is 598 g/mol. The first-order valence-corrected chi connectivity index (χ1v) is 13.6. The topological polar surface area (TPSA) is 79.3 Å². The van der Waals surface area contributed by atoms with Crippen LogP contribution in [0.2, 0.25) is 0 Å². The summed E-state index contributed by atoms with van der Waals surface area (Å²) in [6.07, 6.45) is -7.41. The number of amides is 2. The molecule has 0 bridgehead atoms. The molecule has 1 aliphatic heterocycles. The number of alkyl halides is 6. The van der Waals surface area contributed by atoms with Crippen LogP contribution in [0.5, 0.6) is 0 Å². The molecular formula is C27H25F6N5O2S. The third-order valence-corrected chi connectivity index (χ3v) is 7.90. The largest absolute Gasteiger partial charge is 0.436 e. The molecule has 1 aromatic heterocycles. The Bertz CT molecular complexity index is 1450. The van der Waals surface area contributed by atoms with Gasteiger partial charge in [-0.3, -0.25) is 14.3 Å². The van der Waals surface area contributed by atoms with E-state index in [-0.39, 0.29) is 36.9 Å².